The topological polar surface area (TPSA) is 63.4 Å². The van der Waals surface area contributed by atoms with Crippen molar-refractivity contribution in [2.24, 2.45) is 11.7 Å². The van der Waals surface area contributed by atoms with Crippen molar-refractivity contribution in [2.45, 2.75) is 20.8 Å². The van der Waals surface area contributed by atoms with Gasteiger partial charge in [-0.25, -0.2) is 8.42 Å². The van der Waals surface area contributed by atoms with Gasteiger partial charge in [0.2, 0.25) is 10.0 Å². The average Bonchev–Trinajstić information content (AvgIpc) is 1.96. The lowest BCUT2D eigenvalue weighted by Gasteiger charge is -2.20. The Kier molecular flexibility index (Phi) is 5.54. The molecule has 0 aromatic carbocycles. The van der Waals surface area contributed by atoms with Gasteiger partial charge < -0.3 is 5.73 Å². The van der Waals surface area contributed by atoms with Crippen LogP contribution in [0.25, 0.3) is 0 Å². The van der Waals surface area contributed by atoms with E-state index in [4.69, 9.17) is 18.0 Å². The summed E-state index contributed by atoms with van der Waals surface area (Å²) < 4.78 is 24.8. The van der Waals surface area contributed by atoms with E-state index >= 15 is 0 Å². The van der Waals surface area contributed by atoms with Gasteiger partial charge in [-0.05, 0) is 5.92 Å². The molecule has 0 aromatic heterocycles. The second kappa shape index (κ2) is 5.63. The minimum atomic E-state index is -3.20. The van der Waals surface area contributed by atoms with Crippen molar-refractivity contribution in [1.29, 1.82) is 0 Å². The summed E-state index contributed by atoms with van der Waals surface area (Å²) in [4.78, 5) is 0.208. The van der Waals surface area contributed by atoms with E-state index in [1.54, 1.807) is 6.92 Å². The normalized spacial score (nSPS) is 12.4. The summed E-state index contributed by atoms with van der Waals surface area (Å²) in [5, 5.41) is 0. The molecule has 0 saturated heterocycles. The molecule has 84 valence electrons. The quantitative estimate of drug-likeness (QED) is 0.688. The van der Waals surface area contributed by atoms with Gasteiger partial charge in [0.15, 0.2) is 0 Å². The first-order valence-corrected chi connectivity index (χ1v) is 6.57. The second-order valence-corrected chi connectivity index (χ2v) is 6.10. The minimum Gasteiger partial charge on any atom is -0.392 e. The maximum atomic E-state index is 11.7. The van der Waals surface area contributed by atoms with Crippen LogP contribution in [0.15, 0.2) is 0 Å². The number of sulfonamides is 1. The Morgan fingerprint density at radius 2 is 2.00 bits per heavy atom. The lowest BCUT2D eigenvalue weighted by atomic mass is 10.3. The van der Waals surface area contributed by atoms with Crippen LogP contribution in [0.2, 0.25) is 0 Å². The molecule has 4 nitrogen and oxygen atoms in total. The lowest BCUT2D eigenvalue weighted by molar-refractivity contribution is 0.461. The summed E-state index contributed by atoms with van der Waals surface area (Å²) in [6.07, 6.45) is 0. The molecule has 0 amide bonds. The van der Waals surface area contributed by atoms with E-state index in [1.807, 2.05) is 13.8 Å². The first kappa shape index (κ1) is 13.8. The van der Waals surface area contributed by atoms with E-state index in [9.17, 15) is 8.42 Å². The Balaban J connectivity index is 4.58. The molecule has 14 heavy (non-hydrogen) atoms. The first-order chi connectivity index (χ1) is 6.29. The van der Waals surface area contributed by atoms with Gasteiger partial charge in [-0.15, -0.1) is 0 Å². The van der Waals surface area contributed by atoms with Crippen LogP contribution in [0.1, 0.15) is 20.8 Å². The number of rotatable bonds is 6. The van der Waals surface area contributed by atoms with Crippen molar-refractivity contribution in [3.63, 3.8) is 0 Å². The highest BCUT2D eigenvalue weighted by Gasteiger charge is 2.21. The fraction of sp³-hybridized carbons (Fsp3) is 0.875. The lowest BCUT2D eigenvalue weighted by Crippen LogP contribution is -2.39. The number of nitrogens with two attached hydrogens (primary N) is 1. The standard InChI is InChI=1S/C8H18N2O2S2/c1-4-10(5-8(9)13)14(11,12)6-7(2)3/h7H,4-6H2,1-3H3,(H2,9,13). The van der Waals surface area contributed by atoms with Gasteiger partial charge in [0, 0.05) is 6.54 Å². The SMILES string of the molecule is CCN(CC(N)=S)S(=O)(=O)CC(C)C. The molecule has 0 heterocycles. The summed E-state index contributed by atoms with van der Waals surface area (Å²) in [5.74, 6) is 0.254. The maximum absolute atomic E-state index is 11.7. The van der Waals surface area contributed by atoms with Gasteiger partial charge in [0.25, 0.3) is 0 Å². The molecule has 0 aliphatic rings. The molecule has 0 atom stereocenters. The summed E-state index contributed by atoms with van der Waals surface area (Å²) in [7, 11) is -3.20. The highest BCUT2D eigenvalue weighted by atomic mass is 32.2. The predicted molar refractivity (Wildman–Crippen MR) is 62.7 cm³/mol. The summed E-state index contributed by atoms with van der Waals surface area (Å²) >= 11 is 4.69. The smallest absolute Gasteiger partial charge is 0.214 e. The van der Waals surface area contributed by atoms with Crippen LogP contribution in [0.4, 0.5) is 0 Å². The van der Waals surface area contributed by atoms with Crippen molar-refractivity contribution in [3.05, 3.63) is 0 Å². The van der Waals surface area contributed by atoms with Crippen LogP contribution in [0.5, 0.6) is 0 Å². The Morgan fingerprint density at radius 1 is 1.50 bits per heavy atom. The molecule has 0 radical (unpaired) electrons. The van der Waals surface area contributed by atoms with Crippen LogP contribution in [-0.2, 0) is 10.0 Å². The zero-order valence-corrected chi connectivity index (χ0v) is 10.5. The fourth-order valence-electron chi connectivity index (χ4n) is 1.11. The molecular weight excluding hydrogens is 220 g/mol. The van der Waals surface area contributed by atoms with Crippen LogP contribution >= 0.6 is 12.2 Å². The van der Waals surface area contributed by atoms with E-state index in [0.29, 0.717) is 6.54 Å². The molecule has 0 spiro atoms. The average molecular weight is 238 g/mol. The van der Waals surface area contributed by atoms with Gasteiger partial charge in [0.05, 0.1) is 17.3 Å². The van der Waals surface area contributed by atoms with Crippen LogP contribution in [-0.4, -0.2) is 36.6 Å². The third kappa shape index (κ3) is 4.88. The highest BCUT2D eigenvalue weighted by molar-refractivity contribution is 7.89. The molecular formula is C8H18N2O2S2. The molecule has 6 heteroatoms. The molecule has 0 aliphatic carbocycles. The highest BCUT2D eigenvalue weighted by Crippen LogP contribution is 2.06. The Hall–Kier alpha value is -0.200. The zero-order chi connectivity index (χ0) is 11.4. The Morgan fingerprint density at radius 3 is 2.29 bits per heavy atom. The van der Waals surface area contributed by atoms with Crippen LogP contribution in [0.3, 0.4) is 0 Å². The second-order valence-electron chi connectivity index (χ2n) is 3.56. The van der Waals surface area contributed by atoms with Crippen molar-refractivity contribution < 1.29 is 8.42 Å². The van der Waals surface area contributed by atoms with E-state index in [1.165, 1.54) is 4.31 Å². The molecule has 0 fully saturated rings. The number of hydrogen-bond acceptors (Lipinski definition) is 3. The van der Waals surface area contributed by atoms with Crippen molar-refractivity contribution >= 4 is 27.2 Å². The van der Waals surface area contributed by atoms with Crippen molar-refractivity contribution in [2.75, 3.05) is 18.8 Å². The number of likely N-dealkylation sites (N-methyl/N-ethyl adjacent to an activating group) is 1. The van der Waals surface area contributed by atoms with Gasteiger partial charge >= 0.3 is 0 Å². The molecule has 0 unspecified atom stereocenters. The third-order valence-corrected chi connectivity index (χ3v) is 4.01. The monoisotopic (exact) mass is 238 g/mol. The number of nitrogens with zero attached hydrogens (tertiary/aromatic N) is 1. The molecule has 0 saturated carbocycles. The number of thiocarbonyl (C=S) groups is 1. The molecule has 0 rings (SSSR count). The van der Waals surface area contributed by atoms with Gasteiger partial charge in [-0.1, -0.05) is 33.0 Å². The van der Waals surface area contributed by atoms with Gasteiger partial charge in [0.1, 0.15) is 0 Å². The minimum absolute atomic E-state index is 0.111. The fourth-order valence-corrected chi connectivity index (χ4v) is 3.13. The molecule has 0 bridgehead atoms. The summed E-state index contributed by atoms with van der Waals surface area (Å²) in [6, 6.07) is 0. The molecule has 0 aliphatic heterocycles. The van der Waals surface area contributed by atoms with E-state index in [0.717, 1.165) is 0 Å². The Labute approximate surface area is 91.5 Å². The summed E-state index contributed by atoms with van der Waals surface area (Å²) in [6.45, 7) is 6.06. The van der Waals surface area contributed by atoms with Crippen molar-refractivity contribution in [3.8, 4) is 0 Å². The third-order valence-electron chi connectivity index (χ3n) is 1.62. The van der Waals surface area contributed by atoms with Crippen LogP contribution in [0, 0.1) is 5.92 Å². The first-order valence-electron chi connectivity index (χ1n) is 4.55. The van der Waals surface area contributed by atoms with E-state index in [-0.39, 0.29) is 23.2 Å². The van der Waals surface area contributed by atoms with Crippen LogP contribution < -0.4 is 5.73 Å². The van der Waals surface area contributed by atoms with Gasteiger partial charge in [-0.3, -0.25) is 0 Å². The Bertz CT molecular complexity index is 286. The molecule has 0 aromatic rings. The largest absolute Gasteiger partial charge is 0.392 e. The van der Waals surface area contributed by atoms with Gasteiger partial charge in [-0.2, -0.15) is 4.31 Å². The van der Waals surface area contributed by atoms with E-state index in [2.05, 4.69) is 0 Å². The number of hydrogen-bond donors (Lipinski definition) is 1. The maximum Gasteiger partial charge on any atom is 0.214 e. The zero-order valence-electron chi connectivity index (χ0n) is 8.86. The molecule has 2 N–H and O–H groups in total. The van der Waals surface area contributed by atoms with Crippen molar-refractivity contribution in [1.82, 2.24) is 4.31 Å². The summed E-state index contributed by atoms with van der Waals surface area (Å²) in [5.41, 5.74) is 5.32. The predicted octanol–water partition coefficient (Wildman–Crippen LogP) is 0.580. The van der Waals surface area contributed by atoms with E-state index < -0.39 is 10.0 Å².